The molecule has 0 spiro atoms. The molecule has 0 bridgehead atoms. The zero-order valence-electron chi connectivity index (χ0n) is 15.0. The van der Waals surface area contributed by atoms with Gasteiger partial charge in [-0.15, -0.1) is 11.8 Å². The van der Waals surface area contributed by atoms with E-state index in [9.17, 15) is 9.90 Å². The van der Waals surface area contributed by atoms with Crippen LogP contribution in [-0.2, 0) is 6.54 Å². The van der Waals surface area contributed by atoms with Crippen LogP contribution in [0.1, 0.15) is 11.1 Å². The van der Waals surface area contributed by atoms with Gasteiger partial charge in [0.15, 0.2) is 5.56 Å². The lowest BCUT2D eigenvalue weighted by atomic mass is 10.1. The zero-order chi connectivity index (χ0) is 19.9. The highest BCUT2D eigenvalue weighted by Gasteiger charge is 2.22. The van der Waals surface area contributed by atoms with Crippen molar-refractivity contribution in [2.24, 2.45) is 5.10 Å². The van der Waals surface area contributed by atoms with Crippen LogP contribution in [0, 0.1) is 0 Å². The van der Waals surface area contributed by atoms with Crippen molar-refractivity contribution < 1.29 is 15.0 Å². The molecule has 2 aromatic rings. The van der Waals surface area contributed by atoms with Gasteiger partial charge in [-0.25, -0.2) is 4.79 Å². The normalized spacial score (nSPS) is 16.5. The molecule has 1 unspecified atom stereocenters. The van der Waals surface area contributed by atoms with Gasteiger partial charge in [0.25, 0.3) is 0 Å². The van der Waals surface area contributed by atoms with Crippen LogP contribution in [0.25, 0.3) is 0 Å². The van der Waals surface area contributed by atoms with E-state index >= 15 is 0 Å². The fraction of sp³-hybridized carbons (Fsp3) is 0.263. The number of thioether (sulfide) groups is 1. The van der Waals surface area contributed by atoms with Gasteiger partial charge in [-0.05, 0) is 35.4 Å². The Labute approximate surface area is 172 Å². The number of urea groups is 1. The fourth-order valence-electron chi connectivity index (χ4n) is 2.65. The largest absolute Gasteiger partial charge is 0.395 e. The maximum absolute atomic E-state index is 11.7. The molecule has 1 atom stereocenters. The van der Waals surface area contributed by atoms with E-state index in [-0.39, 0.29) is 19.2 Å². The average Bonchev–Trinajstić information content (AvgIpc) is 2.69. The van der Waals surface area contributed by atoms with Gasteiger partial charge in [-0.2, -0.15) is 5.10 Å². The molecule has 148 valence electrons. The molecule has 0 fully saturated rings. The van der Waals surface area contributed by atoms with E-state index in [2.05, 4.69) is 15.7 Å². The Bertz CT molecular complexity index is 847. The molecule has 0 radical (unpaired) electrons. The van der Waals surface area contributed by atoms with Gasteiger partial charge in [0.2, 0.25) is 0 Å². The van der Waals surface area contributed by atoms with Crippen LogP contribution in [-0.4, -0.2) is 51.4 Å². The molecule has 28 heavy (non-hydrogen) atoms. The van der Waals surface area contributed by atoms with Crippen molar-refractivity contribution in [3.63, 3.8) is 0 Å². The van der Waals surface area contributed by atoms with Crippen molar-refractivity contribution in [3.8, 4) is 0 Å². The lowest BCUT2D eigenvalue weighted by molar-refractivity contribution is 0.0704. The third-order valence-corrected chi connectivity index (χ3v) is 5.21. The molecule has 9 heteroatoms. The van der Waals surface area contributed by atoms with Crippen molar-refractivity contribution in [1.29, 1.82) is 0 Å². The number of nitrogens with one attached hydrogen (secondary N) is 2. The maximum atomic E-state index is 11.7. The molecule has 3 rings (SSSR count). The van der Waals surface area contributed by atoms with E-state index in [0.29, 0.717) is 23.0 Å². The number of hydrogen-bond acceptors (Lipinski definition) is 6. The third kappa shape index (κ3) is 5.62. The molecule has 2 aromatic carbocycles. The van der Waals surface area contributed by atoms with Crippen molar-refractivity contribution in [1.82, 2.24) is 10.3 Å². The lowest BCUT2D eigenvalue weighted by Crippen LogP contribution is -2.34. The highest BCUT2D eigenvalue weighted by Crippen LogP contribution is 2.25. The summed E-state index contributed by atoms with van der Waals surface area (Å²) < 4.78 is 0. The number of carbonyl (C=O) groups excluding carboxylic acids is 1. The standard InChI is InChI=1S/C19H21ClN4O3S/c20-15-6-4-14(5-7-15)17-12-28-19(27)24(23-17)11-13-2-1-3-16(10-13)22-18(26)21-8-9-25/h1-7,10,19,25,27H,8-9,11-12H2,(H2,21,22,26). The number of carbonyl (C=O) groups is 1. The number of benzene rings is 2. The SMILES string of the molecule is O=C(NCCO)Nc1cccc(CN2N=C(c3ccc(Cl)cc3)CSC2O)c1. The lowest BCUT2D eigenvalue weighted by Gasteiger charge is -2.30. The summed E-state index contributed by atoms with van der Waals surface area (Å²) in [5, 5.41) is 31.2. The molecular weight excluding hydrogens is 400 g/mol. The molecule has 4 N–H and O–H groups in total. The summed E-state index contributed by atoms with van der Waals surface area (Å²) in [4.78, 5) is 11.7. The number of aliphatic hydroxyl groups excluding tert-OH is 2. The van der Waals surface area contributed by atoms with E-state index in [0.717, 1.165) is 16.8 Å². The molecule has 7 nitrogen and oxygen atoms in total. The molecule has 0 saturated heterocycles. The Hall–Kier alpha value is -2.26. The van der Waals surface area contributed by atoms with Gasteiger partial charge in [0.1, 0.15) is 0 Å². The first-order chi connectivity index (χ1) is 13.5. The van der Waals surface area contributed by atoms with E-state index in [1.54, 1.807) is 11.1 Å². The molecule has 1 heterocycles. The second-order valence-electron chi connectivity index (χ2n) is 6.09. The van der Waals surface area contributed by atoms with Crippen molar-refractivity contribution in [2.75, 3.05) is 24.2 Å². The summed E-state index contributed by atoms with van der Waals surface area (Å²) in [7, 11) is 0. The van der Waals surface area contributed by atoms with Crippen LogP contribution >= 0.6 is 23.4 Å². The number of hydrogen-bond donors (Lipinski definition) is 4. The van der Waals surface area contributed by atoms with Gasteiger partial charge < -0.3 is 20.8 Å². The highest BCUT2D eigenvalue weighted by molar-refractivity contribution is 8.00. The topological polar surface area (TPSA) is 97.2 Å². The monoisotopic (exact) mass is 420 g/mol. The average molecular weight is 421 g/mol. The van der Waals surface area contributed by atoms with E-state index < -0.39 is 5.56 Å². The van der Waals surface area contributed by atoms with Crippen molar-refractivity contribution >= 4 is 40.8 Å². The summed E-state index contributed by atoms with van der Waals surface area (Å²) in [5.41, 5.74) is 2.59. The molecule has 0 aliphatic carbocycles. The molecule has 0 aromatic heterocycles. The minimum atomic E-state index is -0.750. The minimum absolute atomic E-state index is 0.119. The van der Waals surface area contributed by atoms with Crippen molar-refractivity contribution in [3.05, 3.63) is 64.7 Å². The third-order valence-electron chi connectivity index (χ3n) is 3.98. The number of aliphatic hydroxyl groups is 2. The number of nitrogens with zero attached hydrogens (tertiary/aromatic N) is 2. The van der Waals surface area contributed by atoms with Gasteiger partial charge in [-0.3, -0.25) is 5.01 Å². The first-order valence-electron chi connectivity index (χ1n) is 8.69. The number of rotatable bonds is 6. The number of hydrazone groups is 1. The quantitative estimate of drug-likeness (QED) is 0.576. The Morgan fingerprint density at radius 2 is 2.07 bits per heavy atom. The van der Waals surface area contributed by atoms with Crippen LogP contribution in [0.3, 0.4) is 0 Å². The predicted octanol–water partition coefficient (Wildman–Crippen LogP) is 2.68. The molecule has 2 amide bonds. The maximum Gasteiger partial charge on any atom is 0.319 e. The second-order valence-corrected chi connectivity index (χ2v) is 7.57. The smallest absolute Gasteiger partial charge is 0.319 e. The predicted molar refractivity (Wildman–Crippen MR) is 113 cm³/mol. The number of anilines is 1. The fourth-order valence-corrected chi connectivity index (χ4v) is 3.60. The summed E-state index contributed by atoms with van der Waals surface area (Å²) in [6.07, 6.45) is 0. The molecule has 1 aliphatic rings. The minimum Gasteiger partial charge on any atom is -0.395 e. The summed E-state index contributed by atoms with van der Waals surface area (Å²) in [5.74, 6) is 0.603. The Kier molecular flexibility index (Phi) is 7.16. The summed E-state index contributed by atoms with van der Waals surface area (Å²) >= 11 is 7.34. The summed E-state index contributed by atoms with van der Waals surface area (Å²) in [6, 6.07) is 14.4. The van der Waals surface area contributed by atoms with E-state index in [1.807, 2.05) is 42.5 Å². The highest BCUT2D eigenvalue weighted by atomic mass is 35.5. The second kappa shape index (κ2) is 9.79. The van der Waals surface area contributed by atoms with Crippen LogP contribution < -0.4 is 10.6 Å². The van der Waals surface area contributed by atoms with Gasteiger partial charge >= 0.3 is 6.03 Å². The van der Waals surface area contributed by atoms with Gasteiger partial charge in [0.05, 0.1) is 18.9 Å². The van der Waals surface area contributed by atoms with Crippen LogP contribution in [0.2, 0.25) is 5.02 Å². The molecule has 0 saturated carbocycles. The molecule has 1 aliphatic heterocycles. The van der Waals surface area contributed by atoms with E-state index in [1.165, 1.54) is 11.8 Å². The first-order valence-corrected chi connectivity index (χ1v) is 10.1. The number of halogens is 1. The summed E-state index contributed by atoms with van der Waals surface area (Å²) in [6.45, 7) is 0.454. The van der Waals surface area contributed by atoms with Crippen LogP contribution in [0.4, 0.5) is 10.5 Å². The Morgan fingerprint density at radius 3 is 2.82 bits per heavy atom. The Morgan fingerprint density at radius 1 is 1.29 bits per heavy atom. The Balaban J connectivity index is 1.71. The molecular formula is C19H21ClN4O3S. The number of amides is 2. The van der Waals surface area contributed by atoms with Crippen molar-refractivity contribution in [2.45, 2.75) is 12.1 Å². The van der Waals surface area contributed by atoms with Gasteiger partial charge in [0, 0.05) is 23.0 Å². The van der Waals surface area contributed by atoms with E-state index in [4.69, 9.17) is 16.7 Å². The first kappa shape index (κ1) is 20.5. The van der Waals surface area contributed by atoms with Gasteiger partial charge in [-0.1, -0.05) is 35.9 Å². The van der Waals surface area contributed by atoms with Crippen LogP contribution in [0.5, 0.6) is 0 Å². The zero-order valence-corrected chi connectivity index (χ0v) is 16.6. The van der Waals surface area contributed by atoms with Crippen LogP contribution in [0.15, 0.2) is 53.6 Å².